The van der Waals surface area contributed by atoms with Crippen LogP contribution in [0.15, 0.2) is 60.7 Å². The van der Waals surface area contributed by atoms with Gasteiger partial charge in [0.05, 0.1) is 23.9 Å². The van der Waals surface area contributed by atoms with Gasteiger partial charge < -0.3 is 14.6 Å². The normalized spacial score (nSPS) is 16.5. The van der Waals surface area contributed by atoms with Crippen molar-refractivity contribution in [2.45, 2.75) is 26.8 Å². The summed E-state index contributed by atoms with van der Waals surface area (Å²) in [5.74, 6) is -2.10. The van der Waals surface area contributed by atoms with E-state index in [-0.39, 0.29) is 27.9 Å². The van der Waals surface area contributed by atoms with Crippen LogP contribution in [0.3, 0.4) is 0 Å². The first-order chi connectivity index (χ1) is 18.2. The molecule has 2 aromatic carbocycles. The molecule has 1 aliphatic rings. The van der Waals surface area contributed by atoms with Crippen molar-refractivity contribution >= 4 is 51.5 Å². The van der Waals surface area contributed by atoms with Crippen LogP contribution in [0.2, 0.25) is 5.02 Å². The molecule has 0 spiro atoms. The van der Waals surface area contributed by atoms with Crippen molar-refractivity contribution in [3.8, 4) is 5.75 Å². The first-order valence-corrected chi connectivity index (χ1v) is 12.9. The number of aliphatic hydroxyl groups excluding tert-OH is 1. The molecule has 3 aromatic rings. The minimum absolute atomic E-state index is 0.0139. The maximum absolute atomic E-state index is 13.4. The molecule has 0 bridgehead atoms. The average molecular weight is 553 g/mol. The number of nitrogens with zero attached hydrogens (tertiary/aromatic N) is 2. The van der Waals surface area contributed by atoms with Crippen LogP contribution in [-0.2, 0) is 14.3 Å². The number of thiazole rings is 1. The molecular formula is C28H25ClN2O6S. The minimum atomic E-state index is -1.04. The van der Waals surface area contributed by atoms with E-state index < -0.39 is 23.7 Å². The second-order valence-electron chi connectivity index (χ2n) is 8.44. The fourth-order valence-electron chi connectivity index (χ4n) is 4.17. The van der Waals surface area contributed by atoms with E-state index >= 15 is 0 Å². The summed E-state index contributed by atoms with van der Waals surface area (Å²) in [5, 5.41) is 11.9. The van der Waals surface area contributed by atoms with Crippen LogP contribution in [0, 0.1) is 13.8 Å². The molecule has 1 amide bonds. The van der Waals surface area contributed by atoms with Crippen molar-refractivity contribution in [2.75, 3.05) is 18.1 Å². The Hall–Kier alpha value is -3.95. The highest BCUT2D eigenvalue weighted by atomic mass is 35.5. The molecule has 0 radical (unpaired) electrons. The zero-order chi connectivity index (χ0) is 27.6. The number of Topliss-reactive ketones (excluding diaryl/α,β-unsaturated/α-hetero) is 1. The smallest absolute Gasteiger partial charge is 0.350 e. The summed E-state index contributed by atoms with van der Waals surface area (Å²) in [6, 6.07) is 10.6. The van der Waals surface area contributed by atoms with Crippen LogP contribution in [0.1, 0.15) is 45.0 Å². The predicted octanol–water partition coefficient (Wildman–Crippen LogP) is 5.78. The van der Waals surface area contributed by atoms with Crippen LogP contribution in [0.25, 0.3) is 5.76 Å². The van der Waals surface area contributed by atoms with Crippen LogP contribution in [-0.4, -0.2) is 41.0 Å². The number of aryl methyl sites for hydroxylation is 2. The molecule has 8 nitrogen and oxygen atoms in total. The van der Waals surface area contributed by atoms with Gasteiger partial charge in [-0.2, -0.15) is 0 Å². The first-order valence-electron chi connectivity index (χ1n) is 11.7. The molecule has 1 aromatic heterocycles. The maximum atomic E-state index is 13.4. The highest BCUT2D eigenvalue weighted by Gasteiger charge is 2.48. The van der Waals surface area contributed by atoms with Gasteiger partial charge in [0, 0.05) is 10.6 Å². The molecule has 196 valence electrons. The summed E-state index contributed by atoms with van der Waals surface area (Å²) in [6.45, 7) is 9.31. The number of amides is 1. The number of benzene rings is 2. The van der Waals surface area contributed by atoms with Gasteiger partial charge in [-0.15, -0.1) is 0 Å². The first kappa shape index (κ1) is 27.1. The maximum Gasteiger partial charge on any atom is 0.350 e. The number of aromatic nitrogens is 1. The molecule has 0 aliphatic carbocycles. The molecule has 1 N–H and O–H groups in total. The standard InChI is InChI=1S/C28H25ClN2O6S/c1-5-12-37-27(35)25-16(4)30-28(38-25)31-22(17-8-7-9-19(29)14-17)21(24(33)26(31)34)23(32)18-10-11-20(36-6-2)15(3)13-18/h5,7-11,13-14,22,32H,1,6,12H2,2-4H3/t22-/m0/s1. The van der Waals surface area contributed by atoms with Crippen molar-refractivity contribution in [3.05, 3.63) is 93.0 Å². The van der Waals surface area contributed by atoms with Gasteiger partial charge >= 0.3 is 11.9 Å². The summed E-state index contributed by atoms with van der Waals surface area (Å²) in [6.07, 6.45) is 1.44. The lowest BCUT2D eigenvalue weighted by Crippen LogP contribution is -2.29. The number of aliphatic hydroxyl groups is 1. The van der Waals surface area contributed by atoms with Gasteiger partial charge in [0.1, 0.15) is 23.0 Å². The largest absolute Gasteiger partial charge is 0.507 e. The zero-order valence-corrected chi connectivity index (χ0v) is 22.6. The van der Waals surface area contributed by atoms with Gasteiger partial charge in [0.25, 0.3) is 5.78 Å². The third kappa shape index (κ3) is 5.07. The number of hydrogen-bond acceptors (Lipinski definition) is 8. The second kappa shape index (κ2) is 11.2. The Morgan fingerprint density at radius 3 is 2.66 bits per heavy atom. The van der Waals surface area contributed by atoms with Crippen molar-refractivity contribution in [2.24, 2.45) is 0 Å². The van der Waals surface area contributed by atoms with E-state index in [2.05, 4.69) is 11.6 Å². The summed E-state index contributed by atoms with van der Waals surface area (Å²) >= 11 is 7.18. The average Bonchev–Trinajstić information content (AvgIpc) is 3.40. The molecule has 38 heavy (non-hydrogen) atoms. The Balaban J connectivity index is 1.88. The highest BCUT2D eigenvalue weighted by molar-refractivity contribution is 7.17. The molecular weight excluding hydrogens is 528 g/mol. The Morgan fingerprint density at radius 1 is 1.24 bits per heavy atom. The van der Waals surface area contributed by atoms with Crippen LogP contribution < -0.4 is 9.64 Å². The van der Waals surface area contributed by atoms with Gasteiger partial charge in [-0.3, -0.25) is 14.5 Å². The molecule has 0 unspecified atom stereocenters. The molecule has 1 saturated heterocycles. The number of esters is 1. The molecule has 1 atom stereocenters. The lowest BCUT2D eigenvalue weighted by Gasteiger charge is -2.23. The van der Waals surface area contributed by atoms with E-state index in [1.165, 1.54) is 11.0 Å². The molecule has 1 aliphatic heterocycles. The van der Waals surface area contributed by atoms with Gasteiger partial charge in [0.2, 0.25) is 0 Å². The molecule has 1 fully saturated rings. The number of ether oxygens (including phenoxy) is 2. The van der Waals surface area contributed by atoms with Gasteiger partial charge in [-0.25, -0.2) is 9.78 Å². The van der Waals surface area contributed by atoms with Gasteiger partial charge in [-0.1, -0.05) is 47.7 Å². The van der Waals surface area contributed by atoms with E-state index in [1.807, 2.05) is 13.8 Å². The number of carbonyl (C=O) groups excluding carboxylic acids is 3. The van der Waals surface area contributed by atoms with E-state index in [1.54, 1.807) is 49.4 Å². The highest BCUT2D eigenvalue weighted by Crippen LogP contribution is 2.44. The number of rotatable bonds is 8. The predicted molar refractivity (Wildman–Crippen MR) is 146 cm³/mol. The number of carbonyl (C=O) groups is 3. The van der Waals surface area contributed by atoms with E-state index in [0.29, 0.717) is 34.2 Å². The van der Waals surface area contributed by atoms with Crippen LogP contribution >= 0.6 is 22.9 Å². The third-order valence-electron chi connectivity index (χ3n) is 5.87. The number of halogens is 1. The van der Waals surface area contributed by atoms with Crippen LogP contribution in [0.5, 0.6) is 5.75 Å². The van der Waals surface area contributed by atoms with Crippen molar-refractivity contribution in [1.29, 1.82) is 0 Å². The Morgan fingerprint density at radius 2 is 2.00 bits per heavy atom. The van der Waals surface area contributed by atoms with E-state index in [4.69, 9.17) is 21.1 Å². The SMILES string of the molecule is C=CCOC(=O)c1sc(N2C(=O)C(=O)C(=C(O)c3ccc(OCC)c(C)c3)[C@@H]2c2cccc(Cl)c2)nc1C. The monoisotopic (exact) mass is 552 g/mol. The van der Waals surface area contributed by atoms with Crippen molar-refractivity contribution in [3.63, 3.8) is 0 Å². The summed E-state index contributed by atoms with van der Waals surface area (Å²) in [7, 11) is 0. The number of hydrogen-bond donors (Lipinski definition) is 1. The number of anilines is 1. The van der Waals surface area contributed by atoms with Gasteiger partial charge in [-0.05, 0) is 62.2 Å². The Kier molecular flexibility index (Phi) is 7.99. The lowest BCUT2D eigenvalue weighted by molar-refractivity contribution is -0.132. The Bertz CT molecular complexity index is 1480. The summed E-state index contributed by atoms with van der Waals surface area (Å²) in [4.78, 5) is 45.1. The quantitative estimate of drug-likeness (QED) is 0.124. The third-order valence-corrected chi connectivity index (χ3v) is 7.24. The lowest BCUT2D eigenvalue weighted by atomic mass is 9.95. The van der Waals surface area contributed by atoms with E-state index in [9.17, 15) is 19.5 Å². The van der Waals surface area contributed by atoms with Crippen LogP contribution in [0.4, 0.5) is 5.13 Å². The minimum Gasteiger partial charge on any atom is -0.507 e. The fourth-order valence-corrected chi connectivity index (χ4v) is 5.35. The molecule has 0 saturated carbocycles. The molecule has 4 rings (SSSR count). The van der Waals surface area contributed by atoms with Gasteiger partial charge in [0.15, 0.2) is 5.13 Å². The molecule has 10 heteroatoms. The topological polar surface area (TPSA) is 106 Å². The second-order valence-corrected chi connectivity index (χ2v) is 9.85. The fraction of sp³-hybridized carbons (Fsp3) is 0.214. The Labute approximate surface area is 228 Å². The van der Waals surface area contributed by atoms with Crippen molar-refractivity contribution < 1.29 is 29.0 Å². The molecule has 2 heterocycles. The van der Waals surface area contributed by atoms with Crippen molar-refractivity contribution in [1.82, 2.24) is 4.98 Å². The number of ketones is 1. The zero-order valence-electron chi connectivity index (χ0n) is 21.0. The summed E-state index contributed by atoms with van der Waals surface area (Å²) in [5.41, 5.74) is 1.81. The summed E-state index contributed by atoms with van der Waals surface area (Å²) < 4.78 is 10.7. The van der Waals surface area contributed by atoms with E-state index in [0.717, 1.165) is 16.9 Å².